The van der Waals surface area contributed by atoms with Gasteiger partial charge in [0, 0.05) is 7.11 Å². The van der Waals surface area contributed by atoms with Gasteiger partial charge in [-0.15, -0.1) is 0 Å². The van der Waals surface area contributed by atoms with Gasteiger partial charge >= 0.3 is 5.97 Å². The van der Waals surface area contributed by atoms with Crippen LogP contribution in [-0.4, -0.2) is 24.3 Å². The summed E-state index contributed by atoms with van der Waals surface area (Å²) >= 11 is 0. The third-order valence-corrected chi connectivity index (χ3v) is 2.31. The molecular weight excluding hydrogens is 144 g/mol. The standard InChI is InChI=1S/C8H14O3/c1-11-7-4-2-3-6(5-7)8(9)10/h6-7H,2-5H2,1H3,(H,9,10)/t6-,7+/m1/s1. The second-order valence-corrected chi connectivity index (χ2v) is 3.06. The van der Waals surface area contributed by atoms with E-state index in [1.54, 1.807) is 7.11 Å². The summed E-state index contributed by atoms with van der Waals surface area (Å²) in [6.45, 7) is 0. The number of aliphatic carboxylic acids is 1. The van der Waals surface area contributed by atoms with Crippen LogP contribution >= 0.6 is 0 Å². The lowest BCUT2D eigenvalue weighted by Gasteiger charge is -2.25. The molecule has 1 N–H and O–H groups in total. The molecule has 3 heteroatoms. The molecule has 0 aliphatic heterocycles. The maximum atomic E-state index is 10.6. The molecule has 0 radical (unpaired) electrons. The summed E-state index contributed by atoms with van der Waals surface area (Å²) in [4.78, 5) is 10.6. The van der Waals surface area contributed by atoms with Crippen LogP contribution in [0.5, 0.6) is 0 Å². The Bertz CT molecular complexity index is 144. The lowest BCUT2D eigenvalue weighted by atomic mass is 9.87. The summed E-state index contributed by atoms with van der Waals surface area (Å²) in [6.07, 6.45) is 3.67. The monoisotopic (exact) mass is 158 g/mol. The molecule has 0 aromatic heterocycles. The van der Waals surface area contributed by atoms with Gasteiger partial charge < -0.3 is 9.84 Å². The van der Waals surface area contributed by atoms with Crippen molar-refractivity contribution in [3.8, 4) is 0 Å². The summed E-state index contributed by atoms with van der Waals surface area (Å²) in [6, 6.07) is 0. The van der Waals surface area contributed by atoms with E-state index in [0.717, 1.165) is 19.3 Å². The van der Waals surface area contributed by atoms with Gasteiger partial charge in [0.2, 0.25) is 0 Å². The number of hydrogen-bond donors (Lipinski definition) is 1. The smallest absolute Gasteiger partial charge is 0.306 e. The predicted molar refractivity (Wildman–Crippen MR) is 40.4 cm³/mol. The predicted octanol–water partition coefficient (Wildman–Crippen LogP) is 1.28. The minimum atomic E-state index is -0.674. The van der Waals surface area contributed by atoms with Crippen LogP contribution in [0.25, 0.3) is 0 Å². The summed E-state index contributed by atoms with van der Waals surface area (Å²) in [5, 5.41) is 8.70. The molecule has 0 aromatic carbocycles. The van der Waals surface area contributed by atoms with Gasteiger partial charge in [0.1, 0.15) is 0 Å². The number of hydrogen-bond acceptors (Lipinski definition) is 2. The van der Waals surface area contributed by atoms with Crippen LogP contribution in [-0.2, 0) is 9.53 Å². The Hall–Kier alpha value is -0.570. The Balaban J connectivity index is 2.39. The van der Waals surface area contributed by atoms with Gasteiger partial charge in [-0.05, 0) is 19.3 Å². The van der Waals surface area contributed by atoms with Crippen LogP contribution in [0.2, 0.25) is 0 Å². The number of carboxylic acids is 1. The van der Waals surface area contributed by atoms with E-state index in [1.807, 2.05) is 0 Å². The number of ether oxygens (including phenoxy) is 1. The highest BCUT2D eigenvalue weighted by Crippen LogP contribution is 2.25. The van der Waals surface area contributed by atoms with Crippen molar-refractivity contribution in [3.05, 3.63) is 0 Å². The molecule has 1 rings (SSSR count). The van der Waals surface area contributed by atoms with Crippen molar-refractivity contribution in [3.63, 3.8) is 0 Å². The highest BCUT2D eigenvalue weighted by atomic mass is 16.5. The number of methoxy groups -OCH3 is 1. The van der Waals surface area contributed by atoms with Crippen molar-refractivity contribution < 1.29 is 14.6 Å². The third-order valence-electron chi connectivity index (χ3n) is 2.31. The zero-order valence-electron chi connectivity index (χ0n) is 6.75. The topological polar surface area (TPSA) is 46.5 Å². The van der Waals surface area contributed by atoms with Crippen LogP contribution in [0.15, 0.2) is 0 Å². The Morgan fingerprint density at radius 3 is 2.82 bits per heavy atom. The first-order valence-corrected chi connectivity index (χ1v) is 3.99. The largest absolute Gasteiger partial charge is 0.481 e. The minimum Gasteiger partial charge on any atom is -0.481 e. The average molecular weight is 158 g/mol. The van der Waals surface area contributed by atoms with E-state index >= 15 is 0 Å². The van der Waals surface area contributed by atoms with Gasteiger partial charge in [0.25, 0.3) is 0 Å². The maximum Gasteiger partial charge on any atom is 0.306 e. The molecule has 2 atom stereocenters. The fourth-order valence-corrected chi connectivity index (χ4v) is 1.58. The van der Waals surface area contributed by atoms with Crippen LogP contribution in [0.1, 0.15) is 25.7 Å². The van der Waals surface area contributed by atoms with E-state index in [9.17, 15) is 4.79 Å². The van der Waals surface area contributed by atoms with Gasteiger partial charge in [0.05, 0.1) is 12.0 Å². The molecule has 0 bridgehead atoms. The first kappa shape index (κ1) is 8.53. The summed E-state index contributed by atoms with van der Waals surface area (Å²) in [5.74, 6) is -0.847. The Morgan fingerprint density at radius 1 is 1.55 bits per heavy atom. The lowest BCUT2D eigenvalue weighted by Crippen LogP contribution is -2.26. The fraction of sp³-hybridized carbons (Fsp3) is 0.875. The van der Waals surface area contributed by atoms with Gasteiger partial charge in [-0.3, -0.25) is 4.79 Å². The number of carboxylic acid groups (broad SMARTS) is 1. The molecule has 11 heavy (non-hydrogen) atoms. The van der Waals surface area contributed by atoms with E-state index in [4.69, 9.17) is 9.84 Å². The quantitative estimate of drug-likeness (QED) is 0.658. The summed E-state index contributed by atoms with van der Waals surface area (Å²) in [5.41, 5.74) is 0. The molecule has 1 aliphatic carbocycles. The third kappa shape index (κ3) is 2.19. The molecular formula is C8H14O3. The van der Waals surface area contributed by atoms with Gasteiger partial charge in [-0.1, -0.05) is 6.42 Å². The fourth-order valence-electron chi connectivity index (χ4n) is 1.58. The summed E-state index contributed by atoms with van der Waals surface area (Å²) in [7, 11) is 1.65. The summed E-state index contributed by atoms with van der Waals surface area (Å²) < 4.78 is 5.11. The van der Waals surface area contributed by atoms with Crippen LogP contribution in [0.3, 0.4) is 0 Å². The minimum absolute atomic E-state index is 0.171. The van der Waals surface area contributed by atoms with Crippen molar-refractivity contribution in [1.82, 2.24) is 0 Å². The van der Waals surface area contributed by atoms with Gasteiger partial charge in [-0.25, -0.2) is 0 Å². The molecule has 0 aromatic rings. The molecule has 0 saturated heterocycles. The van der Waals surface area contributed by atoms with Crippen molar-refractivity contribution >= 4 is 5.97 Å². The Labute approximate surface area is 66.4 Å². The second kappa shape index (κ2) is 3.72. The Kier molecular flexibility index (Phi) is 2.88. The Morgan fingerprint density at radius 2 is 2.27 bits per heavy atom. The molecule has 0 heterocycles. The zero-order chi connectivity index (χ0) is 8.27. The first-order chi connectivity index (χ1) is 5.24. The van der Waals surface area contributed by atoms with Crippen molar-refractivity contribution in [1.29, 1.82) is 0 Å². The maximum absolute atomic E-state index is 10.6. The van der Waals surface area contributed by atoms with Crippen LogP contribution in [0, 0.1) is 5.92 Å². The highest BCUT2D eigenvalue weighted by molar-refractivity contribution is 5.70. The highest BCUT2D eigenvalue weighted by Gasteiger charge is 2.26. The van der Waals surface area contributed by atoms with E-state index in [-0.39, 0.29) is 12.0 Å². The van der Waals surface area contributed by atoms with E-state index in [2.05, 4.69) is 0 Å². The van der Waals surface area contributed by atoms with Crippen molar-refractivity contribution in [2.75, 3.05) is 7.11 Å². The van der Waals surface area contributed by atoms with E-state index in [1.165, 1.54) is 0 Å². The molecule has 1 aliphatic rings. The second-order valence-electron chi connectivity index (χ2n) is 3.06. The first-order valence-electron chi connectivity index (χ1n) is 3.99. The normalized spacial score (nSPS) is 31.7. The van der Waals surface area contributed by atoms with Gasteiger partial charge in [-0.2, -0.15) is 0 Å². The zero-order valence-corrected chi connectivity index (χ0v) is 6.75. The van der Waals surface area contributed by atoms with E-state index < -0.39 is 5.97 Å². The molecule has 1 saturated carbocycles. The molecule has 1 fully saturated rings. The lowest BCUT2D eigenvalue weighted by molar-refractivity contribution is -0.144. The molecule has 3 nitrogen and oxygen atoms in total. The van der Waals surface area contributed by atoms with Crippen LogP contribution in [0.4, 0.5) is 0 Å². The molecule has 0 amide bonds. The number of carbonyl (C=O) groups is 1. The van der Waals surface area contributed by atoms with Gasteiger partial charge in [0.15, 0.2) is 0 Å². The van der Waals surface area contributed by atoms with E-state index in [0.29, 0.717) is 6.42 Å². The van der Waals surface area contributed by atoms with Crippen molar-refractivity contribution in [2.24, 2.45) is 5.92 Å². The van der Waals surface area contributed by atoms with Crippen molar-refractivity contribution in [2.45, 2.75) is 31.8 Å². The average Bonchev–Trinajstić information content (AvgIpc) is 2.05. The molecule has 0 spiro atoms. The van der Waals surface area contributed by atoms with Crippen LogP contribution < -0.4 is 0 Å². The molecule has 0 unspecified atom stereocenters. The molecule has 64 valence electrons. The number of rotatable bonds is 2. The SMILES string of the molecule is CO[C@H]1CCC[C@@H](C(=O)O)C1.